The Morgan fingerprint density at radius 3 is 2.60 bits per heavy atom. The highest BCUT2D eigenvalue weighted by molar-refractivity contribution is 7.20. The molecule has 0 atom stereocenters. The third-order valence-electron chi connectivity index (χ3n) is 6.27. The van der Waals surface area contributed by atoms with E-state index in [1.165, 1.54) is 30.6 Å². The molecule has 9 heteroatoms. The fourth-order valence-electron chi connectivity index (χ4n) is 4.45. The summed E-state index contributed by atoms with van der Waals surface area (Å²) in [6.07, 6.45) is 4.49. The lowest BCUT2D eigenvalue weighted by molar-refractivity contribution is 0.0531. The van der Waals surface area contributed by atoms with Gasteiger partial charge in [0, 0.05) is 6.54 Å². The number of rotatable bonds is 10. The van der Waals surface area contributed by atoms with Gasteiger partial charge in [0.15, 0.2) is 11.5 Å². The summed E-state index contributed by atoms with van der Waals surface area (Å²) in [5.74, 6) is 2.67. The summed E-state index contributed by atoms with van der Waals surface area (Å²) >= 11 is 1.39. The van der Waals surface area contributed by atoms with Gasteiger partial charge in [-0.1, -0.05) is 12.5 Å². The summed E-state index contributed by atoms with van der Waals surface area (Å²) in [5.41, 5.74) is 1.99. The van der Waals surface area contributed by atoms with Gasteiger partial charge in [0.1, 0.15) is 21.3 Å². The molecule has 35 heavy (non-hydrogen) atoms. The second kappa shape index (κ2) is 11.7. The number of nitrogens with one attached hydrogen (secondary N) is 1. The van der Waals surface area contributed by atoms with Crippen molar-refractivity contribution in [3.8, 4) is 11.5 Å². The number of fused-ring (bicyclic) bond motifs is 1. The van der Waals surface area contributed by atoms with Gasteiger partial charge in [0.25, 0.3) is 0 Å². The van der Waals surface area contributed by atoms with Crippen molar-refractivity contribution in [3.63, 3.8) is 0 Å². The van der Waals surface area contributed by atoms with Gasteiger partial charge in [-0.3, -0.25) is 4.90 Å². The molecule has 4 rings (SSSR count). The SMILES string of the molecule is CCOC(=O)c1sc2nc(CN3CCCCC3)nc(NCCc3ccc(OC)c(OC)c3)c2c1C. The number of likely N-dealkylation sites (tertiary alicyclic amines) is 1. The second-order valence-corrected chi connectivity index (χ2v) is 9.65. The molecule has 0 amide bonds. The van der Waals surface area contributed by atoms with E-state index in [-0.39, 0.29) is 5.97 Å². The fraction of sp³-hybridized carbons (Fsp3) is 0.500. The molecule has 188 valence electrons. The normalized spacial score (nSPS) is 14.2. The standard InChI is InChI=1S/C26H34N4O4S/c1-5-34-26(31)23-17(2)22-24(27-12-11-18-9-10-19(32-3)20(15-18)33-4)28-21(29-25(22)35-23)16-30-13-7-6-8-14-30/h9-10,15H,5-8,11-14,16H2,1-4H3,(H,27,28,29). The van der Waals surface area contributed by atoms with Crippen LogP contribution in [0, 0.1) is 6.92 Å². The largest absolute Gasteiger partial charge is 0.493 e. The number of aryl methyl sites for hydroxylation is 1. The summed E-state index contributed by atoms with van der Waals surface area (Å²) in [5, 5.41) is 4.41. The molecule has 0 aliphatic carbocycles. The predicted octanol–water partition coefficient (Wildman–Crippen LogP) is 4.83. The van der Waals surface area contributed by atoms with Crippen molar-refractivity contribution >= 4 is 33.3 Å². The van der Waals surface area contributed by atoms with E-state index in [0.717, 1.165) is 52.5 Å². The Balaban J connectivity index is 1.60. The van der Waals surface area contributed by atoms with Crippen LogP contribution in [-0.2, 0) is 17.7 Å². The second-order valence-electron chi connectivity index (χ2n) is 8.65. The van der Waals surface area contributed by atoms with E-state index in [9.17, 15) is 4.79 Å². The number of ether oxygens (including phenoxy) is 3. The smallest absolute Gasteiger partial charge is 0.348 e. The minimum Gasteiger partial charge on any atom is -0.493 e. The minimum absolute atomic E-state index is 0.304. The molecule has 3 aromatic rings. The number of hydrogen-bond donors (Lipinski definition) is 1. The number of carbonyl (C=O) groups is 1. The van der Waals surface area contributed by atoms with E-state index in [4.69, 9.17) is 24.2 Å². The van der Waals surface area contributed by atoms with Gasteiger partial charge in [-0.05, 0) is 69.5 Å². The van der Waals surface area contributed by atoms with Crippen molar-refractivity contribution in [3.05, 3.63) is 40.0 Å². The Bertz CT molecular complexity index is 1170. The van der Waals surface area contributed by atoms with Crippen molar-refractivity contribution in [2.24, 2.45) is 0 Å². The highest BCUT2D eigenvalue weighted by atomic mass is 32.1. The number of nitrogens with zero attached hydrogens (tertiary/aromatic N) is 3. The maximum absolute atomic E-state index is 12.5. The zero-order valence-corrected chi connectivity index (χ0v) is 21.8. The summed E-state index contributed by atoms with van der Waals surface area (Å²) in [4.78, 5) is 26.1. The number of piperidine rings is 1. The molecule has 2 aromatic heterocycles. The highest BCUT2D eigenvalue weighted by Gasteiger charge is 2.22. The summed E-state index contributed by atoms with van der Waals surface area (Å²) in [6.45, 7) is 7.63. The van der Waals surface area contributed by atoms with E-state index in [2.05, 4.69) is 10.2 Å². The Hall–Kier alpha value is -2.91. The number of methoxy groups -OCH3 is 2. The van der Waals surface area contributed by atoms with Gasteiger partial charge in [-0.25, -0.2) is 14.8 Å². The average Bonchev–Trinajstić information content (AvgIpc) is 3.21. The topological polar surface area (TPSA) is 85.8 Å². The molecule has 0 saturated carbocycles. The third-order valence-corrected chi connectivity index (χ3v) is 7.43. The van der Waals surface area contributed by atoms with Crippen LogP contribution in [0.5, 0.6) is 11.5 Å². The Labute approximate surface area is 210 Å². The van der Waals surface area contributed by atoms with Crippen molar-refractivity contribution in [1.82, 2.24) is 14.9 Å². The highest BCUT2D eigenvalue weighted by Crippen LogP contribution is 2.35. The number of aromatic nitrogens is 2. The van der Waals surface area contributed by atoms with Gasteiger partial charge in [-0.2, -0.15) is 0 Å². The van der Waals surface area contributed by atoms with Crippen molar-refractivity contribution < 1.29 is 19.0 Å². The van der Waals surface area contributed by atoms with E-state index in [1.54, 1.807) is 14.2 Å². The quantitative estimate of drug-likeness (QED) is 0.398. The molecular formula is C26H34N4O4S. The maximum Gasteiger partial charge on any atom is 0.348 e. The lowest BCUT2D eigenvalue weighted by Crippen LogP contribution is -2.30. The summed E-state index contributed by atoms with van der Waals surface area (Å²) in [6, 6.07) is 5.95. The van der Waals surface area contributed by atoms with Gasteiger partial charge in [-0.15, -0.1) is 11.3 Å². The first-order valence-electron chi connectivity index (χ1n) is 12.2. The molecule has 0 unspecified atom stereocenters. The Morgan fingerprint density at radius 2 is 1.89 bits per heavy atom. The van der Waals surface area contributed by atoms with Crippen LogP contribution >= 0.6 is 11.3 Å². The number of anilines is 1. The van der Waals surface area contributed by atoms with Crippen LogP contribution in [0.3, 0.4) is 0 Å². The van der Waals surface area contributed by atoms with E-state index in [0.29, 0.717) is 36.1 Å². The van der Waals surface area contributed by atoms with Crippen LogP contribution in [0.15, 0.2) is 18.2 Å². The Morgan fingerprint density at radius 1 is 1.11 bits per heavy atom. The summed E-state index contributed by atoms with van der Waals surface area (Å²) < 4.78 is 16.1. The summed E-state index contributed by atoms with van der Waals surface area (Å²) in [7, 11) is 3.27. The first-order chi connectivity index (χ1) is 17.0. The van der Waals surface area contributed by atoms with Crippen LogP contribution in [0.2, 0.25) is 0 Å². The van der Waals surface area contributed by atoms with Crippen LogP contribution in [0.4, 0.5) is 5.82 Å². The zero-order valence-electron chi connectivity index (χ0n) is 21.0. The van der Waals surface area contributed by atoms with Crippen molar-refractivity contribution in [2.45, 2.75) is 46.1 Å². The molecule has 0 bridgehead atoms. The number of thiophene rings is 1. The molecular weight excluding hydrogens is 464 g/mol. The monoisotopic (exact) mass is 498 g/mol. The number of esters is 1. The zero-order chi connectivity index (χ0) is 24.8. The lowest BCUT2D eigenvalue weighted by Gasteiger charge is -2.25. The lowest BCUT2D eigenvalue weighted by atomic mass is 10.1. The molecule has 8 nitrogen and oxygen atoms in total. The first kappa shape index (κ1) is 25.2. The van der Waals surface area contributed by atoms with Crippen molar-refractivity contribution in [2.75, 3.05) is 45.8 Å². The molecule has 0 spiro atoms. The number of carbonyl (C=O) groups excluding carboxylic acids is 1. The molecule has 0 radical (unpaired) electrons. The van der Waals surface area contributed by atoms with Crippen molar-refractivity contribution in [1.29, 1.82) is 0 Å². The van der Waals surface area contributed by atoms with E-state index in [1.807, 2.05) is 32.0 Å². The van der Waals surface area contributed by atoms with Gasteiger partial charge < -0.3 is 19.5 Å². The molecule has 1 aliphatic heterocycles. The average molecular weight is 499 g/mol. The van der Waals surface area contributed by atoms with E-state index >= 15 is 0 Å². The molecule has 1 aliphatic rings. The van der Waals surface area contributed by atoms with Crippen LogP contribution in [0.1, 0.15) is 52.8 Å². The number of benzene rings is 1. The van der Waals surface area contributed by atoms with Crippen LogP contribution in [0.25, 0.3) is 10.2 Å². The van der Waals surface area contributed by atoms with Crippen LogP contribution in [-0.4, -0.2) is 61.3 Å². The maximum atomic E-state index is 12.5. The van der Waals surface area contributed by atoms with Gasteiger partial charge >= 0.3 is 5.97 Å². The fourth-order valence-corrected chi connectivity index (χ4v) is 5.55. The number of hydrogen-bond acceptors (Lipinski definition) is 9. The molecule has 1 N–H and O–H groups in total. The first-order valence-corrected chi connectivity index (χ1v) is 13.0. The molecule has 3 heterocycles. The van der Waals surface area contributed by atoms with E-state index < -0.39 is 0 Å². The predicted molar refractivity (Wildman–Crippen MR) is 139 cm³/mol. The molecule has 1 saturated heterocycles. The Kier molecular flexibility index (Phi) is 8.41. The molecule has 1 aromatic carbocycles. The minimum atomic E-state index is -0.304. The van der Waals surface area contributed by atoms with Gasteiger partial charge in [0.2, 0.25) is 0 Å². The van der Waals surface area contributed by atoms with Gasteiger partial charge in [0.05, 0.1) is 32.8 Å². The molecule has 1 fully saturated rings. The van der Waals surface area contributed by atoms with Crippen LogP contribution < -0.4 is 14.8 Å². The third kappa shape index (κ3) is 5.85.